The molecule has 0 bridgehead atoms. The van der Waals surface area contributed by atoms with E-state index in [1.54, 1.807) is 0 Å². The van der Waals surface area contributed by atoms with E-state index in [0.717, 1.165) is 27.6 Å². The maximum atomic E-state index is 13.4. The summed E-state index contributed by atoms with van der Waals surface area (Å²) in [5.41, 5.74) is 9.95. The summed E-state index contributed by atoms with van der Waals surface area (Å²) in [5.74, 6) is 0. The van der Waals surface area contributed by atoms with Crippen LogP contribution in [0, 0.1) is 0 Å². The van der Waals surface area contributed by atoms with Gasteiger partial charge in [0.1, 0.15) is 0 Å². The number of rotatable bonds is 2. The molecule has 6 heteroatoms. The van der Waals surface area contributed by atoms with Gasteiger partial charge in [0.25, 0.3) is 0 Å². The zero-order chi connectivity index (χ0) is 20.9. The highest BCUT2D eigenvalue weighted by Crippen LogP contribution is 2.35. The summed E-state index contributed by atoms with van der Waals surface area (Å²) in [7, 11) is 0. The third-order valence-corrected chi connectivity index (χ3v) is 5.13. The van der Waals surface area contributed by atoms with E-state index in [0.29, 0.717) is 16.9 Å². The molecule has 0 saturated carbocycles. The molecule has 1 aromatic heterocycles. The number of nitrogens with zero attached hydrogens (tertiary/aromatic N) is 3. The Kier molecular flexibility index (Phi) is 4.03. The van der Waals surface area contributed by atoms with Crippen LogP contribution in [0.5, 0.6) is 0 Å². The van der Waals surface area contributed by atoms with E-state index in [2.05, 4.69) is 5.10 Å². The van der Waals surface area contributed by atoms with Crippen LogP contribution in [0.2, 0.25) is 0 Å². The molecule has 0 amide bonds. The van der Waals surface area contributed by atoms with Gasteiger partial charge in [0.15, 0.2) is 5.69 Å². The second-order valence-corrected chi connectivity index (χ2v) is 7.06. The zero-order valence-electron chi connectivity index (χ0n) is 15.6. The molecule has 0 fully saturated rings. The fourth-order valence-corrected chi connectivity index (χ4v) is 3.69. The monoisotopic (exact) mass is 401 g/mol. The lowest BCUT2D eigenvalue weighted by Gasteiger charge is -2.10. The van der Waals surface area contributed by atoms with Crippen molar-refractivity contribution in [2.24, 2.45) is 0 Å². The quantitative estimate of drug-likeness (QED) is 0.309. The van der Waals surface area contributed by atoms with Gasteiger partial charge in [-0.25, -0.2) is 4.68 Å². The number of hydrogen-bond donors (Lipinski definition) is 0. The van der Waals surface area contributed by atoms with Gasteiger partial charge in [-0.2, -0.15) is 24.0 Å². The minimum absolute atomic E-state index is 0.0288. The van der Waals surface area contributed by atoms with Crippen LogP contribution < -0.4 is 5.73 Å². The van der Waals surface area contributed by atoms with Crippen LogP contribution in [-0.4, -0.2) is 9.78 Å². The van der Waals surface area contributed by atoms with Crippen LogP contribution in [0.15, 0.2) is 84.9 Å². The van der Waals surface area contributed by atoms with E-state index in [1.807, 2.05) is 54.6 Å². The van der Waals surface area contributed by atoms with E-state index in [-0.39, 0.29) is 5.69 Å². The van der Waals surface area contributed by atoms with Gasteiger partial charge in [0, 0.05) is 5.56 Å². The van der Waals surface area contributed by atoms with Crippen LogP contribution in [-0.2, 0) is 6.18 Å². The van der Waals surface area contributed by atoms with Crippen LogP contribution in [0.3, 0.4) is 0 Å². The third kappa shape index (κ3) is 3.06. The van der Waals surface area contributed by atoms with Gasteiger partial charge in [0.2, 0.25) is 0 Å². The van der Waals surface area contributed by atoms with Crippen molar-refractivity contribution in [3.8, 4) is 16.9 Å². The van der Waals surface area contributed by atoms with Gasteiger partial charge in [-0.3, -0.25) is 0 Å². The molecule has 0 aliphatic rings. The van der Waals surface area contributed by atoms with Crippen molar-refractivity contribution in [1.29, 1.82) is 0 Å². The normalized spacial score (nSPS) is 12.0. The Balaban J connectivity index is 1.72. The highest BCUT2D eigenvalue weighted by molar-refractivity contribution is 6.08. The van der Waals surface area contributed by atoms with Crippen molar-refractivity contribution < 1.29 is 13.2 Å². The molecule has 4 aromatic carbocycles. The van der Waals surface area contributed by atoms with Crippen molar-refractivity contribution in [3.63, 3.8) is 0 Å². The van der Waals surface area contributed by atoms with Crippen LogP contribution in [0.1, 0.15) is 5.69 Å². The Bertz CT molecular complexity index is 1380. The summed E-state index contributed by atoms with van der Waals surface area (Å²) in [5, 5.41) is 7.95. The second kappa shape index (κ2) is 6.62. The number of alkyl halides is 3. The lowest BCUT2D eigenvalue weighted by molar-refractivity contribution is -0.141. The number of fused-ring (bicyclic) bond motifs is 3. The van der Waals surface area contributed by atoms with Gasteiger partial charge in [-0.1, -0.05) is 48.5 Å². The van der Waals surface area contributed by atoms with E-state index >= 15 is 0 Å². The van der Waals surface area contributed by atoms with Gasteiger partial charge in [-0.15, -0.1) is 0 Å². The molecule has 0 aliphatic carbocycles. The summed E-state index contributed by atoms with van der Waals surface area (Å²) in [6.07, 6.45) is -4.57. The Morgan fingerprint density at radius 2 is 1.43 bits per heavy atom. The first-order valence-corrected chi connectivity index (χ1v) is 9.29. The number of hydrogen-bond acceptors (Lipinski definition) is 1. The molecule has 3 nitrogen and oxygen atoms in total. The molecular formula is C24H14F3N3. The molecule has 146 valence electrons. The Labute approximate surface area is 170 Å². The van der Waals surface area contributed by atoms with E-state index in [4.69, 9.17) is 0 Å². The van der Waals surface area contributed by atoms with Crippen LogP contribution >= 0.6 is 0 Å². The van der Waals surface area contributed by atoms with Crippen molar-refractivity contribution in [2.75, 3.05) is 0 Å². The maximum absolute atomic E-state index is 13.4. The van der Waals surface area contributed by atoms with Crippen molar-refractivity contribution in [2.45, 2.75) is 6.18 Å². The fraction of sp³-hybridized carbons (Fsp3) is 0.0417. The zero-order valence-corrected chi connectivity index (χ0v) is 15.6. The maximum Gasteiger partial charge on any atom is 0.435 e. The summed E-state index contributed by atoms with van der Waals surface area (Å²) < 4.78 is 41.4. The van der Waals surface area contributed by atoms with E-state index in [9.17, 15) is 18.9 Å². The third-order valence-electron chi connectivity index (χ3n) is 5.13. The minimum atomic E-state index is -4.57. The SMILES string of the molecule is [N]c1ccc(-n2nc(C(F)(F)F)cc2-c2ccc3c(ccc4ccccc43)c2)cc1. The lowest BCUT2D eigenvalue weighted by atomic mass is 9.99. The van der Waals surface area contributed by atoms with Crippen LogP contribution in [0.4, 0.5) is 18.9 Å². The standard InChI is InChI=1S/C24H14F3N3/c25-24(26,27)23-14-22(30(29-23)19-10-8-18(28)9-11-19)17-7-12-21-16(13-17)6-5-15-3-1-2-4-20(15)21/h1-14H. The summed E-state index contributed by atoms with van der Waals surface area (Å²) in [4.78, 5) is 0. The summed E-state index contributed by atoms with van der Waals surface area (Å²) in [6.45, 7) is 0. The Morgan fingerprint density at radius 1 is 0.733 bits per heavy atom. The number of aromatic nitrogens is 2. The van der Waals surface area contributed by atoms with Gasteiger partial charge in [-0.05, 0) is 57.9 Å². The molecule has 30 heavy (non-hydrogen) atoms. The summed E-state index contributed by atoms with van der Waals surface area (Å²) in [6, 6.07) is 24.5. The molecule has 0 aliphatic heterocycles. The van der Waals surface area contributed by atoms with Crippen molar-refractivity contribution >= 4 is 27.2 Å². The molecule has 0 spiro atoms. The van der Waals surface area contributed by atoms with E-state index in [1.165, 1.54) is 28.9 Å². The largest absolute Gasteiger partial charge is 0.435 e. The van der Waals surface area contributed by atoms with Crippen molar-refractivity contribution in [1.82, 2.24) is 15.5 Å². The lowest BCUT2D eigenvalue weighted by Crippen LogP contribution is -2.07. The molecule has 0 unspecified atom stereocenters. The highest BCUT2D eigenvalue weighted by atomic mass is 19.4. The first-order chi connectivity index (χ1) is 14.4. The predicted octanol–water partition coefficient (Wildman–Crippen LogP) is 6.56. The average molecular weight is 401 g/mol. The second-order valence-electron chi connectivity index (χ2n) is 7.06. The van der Waals surface area contributed by atoms with Gasteiger partial charge >= 0.3 is 6.18 Å². The molecule has 5 rings (SSSR count). The van der Waals surface area contributed by atoms with E-state index < -0.39 is 11.9 Å². The van der Waals surface area contributed by atoms with Crippen LogP contribution in [0.25, 0.3) is 38.5 Å². The number of halogens is 3. The first-order valence-electron chi connectivity index (χ1n) is 9.29. The average Bonchev–Trinajstić information content (AvgIpc) is 3.20. The predicted molar refractivity (Wildman–Crippen MR) is 111 cm³/mol. The number of benzene rings is 4. The molecule has 0 saturated heterocycles. The highest BCUT2D eigenvalue weighted by Gasteiger charge is 2.35. The molecule has 2 radical (unpaired) electrons. The van der Waals surface area contributed by atoms with Gasteiger partial charge < -0.3 is 0 Å². The van der Waals surface area contributed by atoms with Crippen molar-refractivity contribution in [3.05, 3.63) is 90.6 Å². The smallest absolute Gasteiger partial charge is 0.233 e. The molecule has 5 aromatic rings. The topological polar surface area (TPSA) is 40.1 Å². The molecular weight excluding hydrogens is 387 g/mol. The minimum Gasteiger partial charge on any atom is -0.233 e. The molecule has 1 heterocycles. The molecule has 0 N–H and O–H groups in total. The molecule has 0 atom stereocenters. The fourth-order valence-electron chi connectivity index (χ4n) is 3.69. The summed E-state index contributed by atoms with van der Waals surface area (Å²) >= 11 is 0. The Hall–Kier alpha value is -3.80. The first kappa shape index (κ1) is 18.2. The Morgan fingerprint density at radius 3 is 2.20 bits per heavy atom. The van der Waals surface area contributed by atoms with Gasteiger partial charge in [0.05, 0.1) is 17.1 Å².